The van der Waals surface area contributed by atoms with Crippen LogP contribution in [0.4, 0.5) is 0 Å². The van der Waals surface area contributed by atoms with Crippen molar-refractivity contribution >= 4 is 0 Å². The minimum absolute atomic E-state index is 0. The van der Waals surface area contributed by atoms with E-state index in [4.69, 9.17) is 0 Å². The van der Waals surface area contributed by atoms with Crippen molar-refractivity contribution in [1.82, 2.24) is 4.90 Å². The second-order valence-corrected chi connectivity index (χ2v) is 1.30. The van der Waals surface area contributed by atoms with Gasteiger partial charge in [0.25, 0.3) is 0 Å². The van der Waals surface area contributed by atoms with Crippen LogP contribution in [0.5, 0.6) is 0 Å². The first-order valence-electron chi connectivity index (χ1n) is 2.08. The molecule has 0 saturated carbocycles. The van der Waals surface area contributed by atoms with Gasteiger partial charge in [0.15, 0.2) is 0 Å². The third-order valence-corrected chi connectivity index (χ3v) is 0.763. The van der Waals surface area contributed by atoms with Crippen molar-refractivity contribution in [3.05, 3.63) is 13.8 Å². The minimum atomic E-state index is 0. The van der Waals surface area contributed by atoms with Gasteiger partial charge < -0.3 is 18.7 Å². The van der Waals surface area contributed by atoms with Crippen molar-refractivity contribution in [2.24, 2.45) is 0 Å². The van der Waals surface area contributed by atoms with Crippen molar-refractivity contribution in [2.45, 2.75) is 0 Å². The largest absolute Gasteiger partial charge is 0.365 e. The Kier molecular flexibility index (Phi) is 9.92. The van der Waals surface area contributed by atoms with Gasteiger partial charge in [0.05, 0.1) is 0 Å². The predicted octanol–water partition coefficient (Wildman–Crippen LogP) is 0.584. The van der Waals surface area contributed by atoms with Crippen molar-refractivity contribution in [3.63, 3.8) is 0 Å². The molecular weight excluding hydrogens is 139 g/mol. The fourth-order valence-electron chi connectivity index (χ4n) is 0.112. The van der Waals surface area contributed by atoms with E-state index >= 15 is 0 Å². The van der Waals surface area contributed by atoms with Crippen LogP contribution >= 0.6 is 0 Å². The van der Waals surface area contributed by atoms with E-state index in [1.807, 2.05) is 11.9 Å². The van der Waals surface area contributed by atoms with Crippen molar-refractivity contribution in [1.29, 1.82) is 0 Å². The summed E-state index contributed by atoms with van der Waals surface area (Å²) in [4.78, 5) is 2.03. The molecule has 0 fully saturated rings. The Bertz CT molecular complexity index is 27.3. The molecule has 0 aromatic rings. The van der Waals surface area contributed by atoms with Crippen LogP contribution in [0, 0.1) is 13.8 Å². The monoisotopic (exact) mass is 149 g/mol. The van der Waals surface area contributed by atoms with E-state index in [1.165, 1.54) is 0 Å². The molecule has 0 radical (unpaired) electrons. The Hall–Kier alpha value is 0.583. The summed E-state index contributed by atoms with van der Waals surface area (Å²) in [6.45, 7) is 8.99. The molecule has 0 spiro atoms. The third kappa shape index (κ3) is 6.58. The zero-order valence-electron chi connectivity index (χ0n) is 4.98. The molecule has 0 heterocycles. The van der Waals surface area contributed by atoms with Crippen LogP contribution in [0.15, 0.2) is 0 Å². The molecule has 0 unspecified atom stereocenters. The van der Waals surface area contributed by atoms with Gasteiger partial charge in [-0.3, -0.25) is 0 Å². The maximum Gasteiger partial charge on any atom is 0 e. The fraction of sp³-hybridized carbons (Fsp3) is 0.600. The van der Waals surface area contributed by atoms with E-state index in [2.05, 4.69) is 13.8 Å². The van der Waals surface area contributed by atoms with E-state index in [0.717, 1.165) is 13.1 Å². The molecule has 40 valence electrons. The van der Waals surface area contributed by atoms with Crippen LogP contribution in [0.1, 0.15) is 0 Å². The first-order chi connectivity index (χ1) is 2.81. The molecule has 0 bridgehead atoms. The summed E-state index contributed by atoms with van der Waals surface area (Å²) in [7, 11) is 1.99. The van der Waals surface area contributed by atoms with Gasteiger partial charge in [0.2, 0.25) is 0 Å². The molecule has 0 aromatic heterocycles. The van der Waals surface area contributed by atoms with Crippen molar-refractivity contribution in [2.75, 3.05) is 20.1 Å². The Morgan fingerprint density at radius 1 is 1.29 bits per heavy atom. The molecule has 1 nitrogen and oxygen atoms in total. The molecule has 0 aromatic carbocycles. The zero-order chi connectivity index (χ0) is 4.99. The van der Waals surface area contributed by atoms with Crippen LogP contribution in [0.2, 0.25) is 0 Å². The summed E-state index contributed by atoms with van der Waals surface area (Å²) in [5.74, 6) is 0. The molecule has 0 aliphatic heterocycles. The normalized spacial score (nSPS) is 8.57. The Morgan fingerprint density at radius 3 is 1.57 bits per heavy atom. The second kappa shape index (κ2) is 6.58. The van der Waals surface area contributed by atoms with Gasteiger partial charge >= 0.3 is 0 Å². The van der Waals surface area contributed by atoms with Gasteiger partial charge in [-0.15, -0.1) is 13.1 Å². The minimum Gasteiger partial charge on any atom is -0.365 e. The first kappa shape index (κ1) is 10.5. The van der Waals surface area contributed by atoms with Gasteiger partial charge in [-0.1, -0.05) is 0 Å². The third-order valence-electron chi connectivity index (χ3n) is 0.763. The van der Waals surface area contributed by atoms with E-state index < -0.39 is 0 Å². The standard InChI is InChI=1S/C5H11N.Zn/c1-4-6(3)5-2;/h1-2,4-5H2,3H3;/q-2;. The smallest absolute Gasteiger partial charge is 0 e. The van der Waals surface area contributed by atoms with Gasteiger partial charge in [-0.25, -0.2) is 0 Å². The Morgan fingerprint density at radius 2 is 1.57 bits per heavy atom. The molecule has 7 heavy (non-hydrogen) atoms. The van der Waals surface area contributed by atoms with Crippen molar-refractivity contribution < 1.29 is 19.5 Å². The average molecular weight is 151 g/mol. The summed E-state index contributed by atoms with van der Waals surface area (Å²) in [5, 5.41) is 0. The average Bonchev–Trinajstić information content (AvgIpc) is 1.65. The van der Waals surface area contributed by atoms with Crippen LogP contribution in [-0.4, -0.2) is 25.0 Å². The molecule has 0 rings (SSSR count). The van der Waals surface area contributed by atoms with Crippen LogP contribution in [0.3, 0.4) is 0 Å². The maximum atomic E-state index is 3.64. The summed E-state index contributed by atoms with van der Waals surface area (Å²) in [6, 6.07) is 0. The predicted molar refractivity (Wildman–Crippen MR) is 28.2 cm³/mol. The van der Waals surface area contributed by atoms with E-state index in [-0.39, 0.29) is 19.5 Å². The van der Waals surface area contributed by atoms with E-state index in [9.17, 15) is 0 Å². The quantitative estimate of drug-likeness (QED) is 0.411. The van der Waals surface area contributed by atoms with Crippen LogP contribution in [-0.2, 0) is 19.5 Å². The number of hydrogen-bond donors (Lipinski definition) is 0. The van der Waals surface area contributed by atoms with Gasteiger partial charge in [-0.2, -0.15) is 0 Å². The Labute approximate surface area is 58.8 Å². The second-order valence-electron chi connectivity index (χ2n) is 1.30. The fourth-order valence-corrected chi connectivity index (χ4v) is 0.112. The molecule has 0 aliphatic carbocycles. The maximum absolute atomic E-state index is 3.64. The molecule has 2 heteroatoms. The van der Waals surface area contributed by atoms with Gasteiger partial charge in [0.1, 0.15) is 0 Å². The molecule has 0 N–H and O–H groups in total. The topological polar surface area (TPSA) is 3.24 Å². The van der Waals surface area contributed by atoms with Crippen molar-refractivity contribution in [3.8, 4) is 0 Å². The molecule has 0 aliphatic rings. The summed E-state index contributed by atoms with van der Waals surface area (Å²) < 4.78 is 0. The number of rotatable bonds is 2. The molecular formula is C5H11NZn-2. The van der Waals surface area contributed by atoms with Crippen LogP contribution < -0.4 is 0 Å². The summed E-state index contributed by atoms with van der Waals surface area (Å²) >= 11 is 0. The molecule has 0 saturated heterocycles. The summed E-state index contributed by atoms with van der Waals surface area (Å²) in [6.07, 6.45) is 0. The van der Waals surface area contributed by atoms with Gasteiger partial charge in [-0.05, 0) is 7.05 Å². The van der Waals surface area contributed by atoms with Crippen LogP contribution in [0.25, 0.3) is 0 Å². The molecule has 0 atom stereocenters. The summed E-state index contributed by atoms with van der Waals surface area (Å²) in [5.41, 5.74) is 0. The number of nitrogens with zero attached hydrogens (tertiary/aromatic N) is 1. The van der Waals surface area contributed by atoms with E-state index in [0.29, 0.717) is 0 Å². The van der Waals surface area contributed by atoms with E-state index in [1.54, 1.807) is 0 Å². The Balaban J connectivity index is 0. The van der Waals surface area contributed by atoms with Gasteiger partial charge in [0, 0.05) is 19.5 Å². The SMILES string of the molecule is [CH2-]CN(C)C[CH2-].[Zn]. The first-order valence-corrected chi connectivity index (χ1v) is 2.08. The zero-order valence-corrected chi connectivity index (χ0v) is 7.95. The number of hydrogen-bond acceptors (Lipinski definition) is 1. The molecule has 0 amide bonds.